The number of Topliss-reactive ketones (excluding diaryl/α,β-unsaturated/α-hetero) is 1. The number of thioether (sulfide) groups is 1. The van der Waals surface area contributed by atoms with E-state index in [9.17, 15) is 19.7 Å². The summed E-state index contributed by atoms with van der Waals surface area (Å²) in [6.45, 7) is 8.14. The molecule has 0 saturated carbocycles. The van der Waals surface area contributed by atoms with Gasteiger partial charge in [-0.2, -0.15) is 0 Å². The van der Waals surface area contributed by atoms with Crippen molar-refractivity contribution in [1.82, 2.24) is 10.2 Å². The molecule has 0 fully saturated rings. The molecule has 0 radical (unpaired) electrons. The number of carbonyl (C=O) groups excluding carboxylic acids is 2. The maximum atomic E-state index is 13.4. The molecule has 2 heterocycles. The van der Waals surface area contributed by atoms with Crippen molar-refractivity contribution in [3.63, 3.8) is 0 Å². The van der Waals surface area contributed by atoms with E-state index in [-0.39, 0.29) is 29.2 Å². The van der Waals surface area contributed by atoms with Gasteiger partial charge in [0.05, 0.1) is 4.92 Å². The molecule has 1 atom stereocenters. The summed E-state index contributed by atoms with van der Waals surface area (Å²) in [5.41, 5.74) is 1.47. The number of benzene rings is 1. The molecule has 2 aliphatic rings. The average Bonchev–Trinajstić information content (AvgIpc) is 3.13. The van der Waals surface area contributed by atoms with Gasteiger partial charge in [0.2, 0.25) is 11.0 Å². The highest BCUT2D eigenvalue weighted by molar-refractivity contribution is 8.01. The molecule has 0 N–H and O–H groups in total. The lowest BCUT2D eigenvalue weighted by molar-refractivity contribution is -0.384. The largest absolute Gasteiger partial charge is 0.294 e. The summed E-state index contributed by atoms with van der Waals surface area (Å²) in [4.78, 5) is 39.1. The van der Waals surface area contributed by atoms with Crippen LogP contribution in [0.4, 0.5) is 10.8 Å². The van der Waals surface area contributed by atoms with Crippen LogP contribution in [0.3, 0.4) is 0 Å². The molecule has 4 rings (SSSR count). The number of nitro groups is 1. The van der Waals surface area contributed by atoms with Crippen LogP contribution in [0.25, 0.3) is 0 Å². The van der Waals surface area contributed by atoms with Crippen molar-refractivity contribution in [2.45, 2.75) is 62.5 Å². The number of nitrogens with zero attached hydrogens (tertiary/aromatic N) is 4. The van der Waals surface area contributed by atoms with Crippen molar-refractivity contribution in [3.05, 3.63) is 51.2 Å². The number of amides is 1. The number of hydrogen-bond donors (Lipinski definition) is 0. The number of allylic oxidation sites excluding steroid dienone is 2. The Morgan fingerprint density at radius 3 is 2.69 bits per heavy atom. The number of ketones is 1. The lowest BCUT2D eigenvalue weighted by Gasteiger charge is -2.41. The summed E-state index contributed by atoms with van der Waals surface area (Å²) in [7, 11) is 0. The van der Waals surface area contributed by atoms with Gasteiger partial charge >= 0.3 is 0 Å². The van der Waals surface area contributed by atoms with Gasteiger partial charge in [0.15, 0.2) is 10.1 Å². The number of hydrogen-bond acceptors (Lipinski definition) is 8. The summed E-state index contributed by atoms with van der Waals surface area (Å²) < 4.78 is 0.771. The van der Waals surface area contributed by atoms with Gasteiger partial charge in [0.25, 0.3) is 5.69 Å². The monoisotopic (exact) mass is 472 g/mol. The first-order chi connectivity index (χ1) is 15.1. The van der Waals surface area contributed by atoms with Crippen LogP contribution in [0.2, 0.25) is 0 Å². The molecule has 1 aromatic heterocycles. The lowest BCUT2D eigenvalue weighted by atomic mass is 9.69. The van der Waals surface area contributed by atoms with Gasteiger partial charge in [-0.3, -0.25) is 24.6 Å². The van der Waals surface area contributed by atoms with Gasteiger partial charge in [0, 0.05) is 47.4 Å². The zero-order valence-electron chi connectivity index (χ0n) is 18.3. The van der Waals surface area contributed by atoms with E-state index in [1.165, 1.54) is 23.5 Å². The minimum Gasteiger partial charge on any atom is -0.294 e. The minimum atomic E-state index is -0.505. The maximum Gasteiger partial charge on any atom is 0.269 e. The maximum absolute atomic E-state index is 13.4. The summed E-state index contributed by atoms with van der Waals surface area (Å²) in [6, 6.07) is 6.23. The molecule has 8 nitrogen and oxygen atoms in total. The average molecular weight is 473 g/mol. The highest BCUT2D eigenvalue weighted by atomic mass is 32.2. The molecule has 1 amide bonds. The number of nitro benzene ring substituents is 1. The summed E-state index contributed by atoms with van der Waals surface area (Å²) in [5.74, 6) is -0.704. The van der Waals surface area contributed by atoms with Gasteiger partial charge in [-0.25, -0.2) is 0 Å². The number of anilines is 1. The smallest absolute Gasteiger partial charge is 0.269 e. The van der Waals surface area contributed by atoms with Crippen molar-refractivity contribution >= 4 is 45.6 Å². The molecule has 1 unspecified atom stereocenters. The van der Waals surface area contributed by atoms with E-state index < -0.39 is 10.8 Å². The fraction of sp³-hybridized carbons (Fsp3) is 0.455. The Hall–Kier alpha value is -2.59. The van der Waals surface area contributed by atoms with E-state index >= 15 is 0 Å². The molecular weight excluding hydrogens is 448 g/mol. The fourth-order valence-corrected chi connectivity index (χ4v) is 6.43. The first kappa shape index (κ1) is 22.6. The van der Waals surface area contributed by atoms with Gasteiger partial charge < -0.3 is 0 Å². The fourth-order valence-electron chi connectivity index (χ4n) is 4.32. The molecule has 1 aromatic carbocycles. The summed E-state index contributed by atoms with van der Waals surface area (Å²) in [5, 5.41) is 20.6. The molecule has 1 aliphatic carbocycles. The SMILES string of the molecule is CC(C)Sc1nnc(N2C(=O)CC(c3cccc([N+](=O)[O-])c3)C3=C2CC(C)(C)CC3=O)s1. The van der Waals surface area contributed by atoms with Crippen molar-refractivity contribution in [2.75, 3.05) is 4.90 Å². The second-order valence-electron chi connectivity index (χ2n) is 9.16. The molecule has 0 spiro atoms. The highest BCUT2D eigenvalue weighted by Gasteiger charge is 2.45. The molecule has 10 heteroatoms. The van der Waals surface area contributed by atoms with Crippen LogP contribution in [0.5, 0.6) is 0 Å². The number of rotatable bonds is 5. The van der Waals surface area contributed by atoms with Crippen LogP contribution < -0.4 is 4.90 Å². The molecule has 0 saturated heterocycles. The molecular formula is C22H24N4O4S2. The van der Waals surface area contributed by atoms with Crippen molar-refractivity contribution < 1.29 is 14.5 Å². The topological polar surface area (TPSA) is 106 Å². The summed E-state index contributed by atoms with van der Waals surface area (Å²) >= 11 is 2.92. The number of non-ortho nitro benzene ring substituents is 1. The zero-order chi connectivity index (χ0) is 23.2. The first-order valence-electron chi connectivity index (χ1n) is 10.4. The molecule has 168 valence electrons. The van der Waals surface area contributed by atoms with E-state index in [2.05, 4.69) is 24.0 Å². The predicted octanol–water partition coefficient (Wildman–Crippen LogP) is 5.11. The van der Waals surface area contributed by atoms with Crippen LogP contribution in [-0.2, 0) is 9.59 Å². The predicted molar refractivity (Wildman–Crippen MR) is 124 cm³/mol. The van der Waals surface area contributed by atoms with Crippen LogP contribution in [0.1, 0.15) is 58.4 Å². The Morgan fingerprint density at radius 2 is 2.00 bits per heavy atom. The quantitative estimate of drug-likeness (QED) is 0.258. The Kier molecular flexibility index (Phi) is 5.93. The molecule has 1 aliphatic heterocycles. The lowest BCUT2D eigenvalue weighted by Crippen LogP contribution is -2.43. The van der Waals surface area contributed by atoms with E-state index in [1.54, 1.807) is 28.8 Å². The van der Waals surface area contributed by atoms with Gasteiger partial charge in [-0.1, -0.05) is 62.9 Å². The van der Waals surface area contributed by atoms with Gasteiger partial charge in [-0.05, 0) is 17.4 Å². The molecule has 0 bridgehead atoms. The Balaban J connectivity index is 1.83. The standard InChI is InChI=1S/C22H24N4O4S2/c1-12(2)31-21-24-23-20(32-21)25-16-10-22(3,4)11-17(27)19(16)15(9-18(25)28)13-6-5-7-14(8-13)26(29)30/h5-8,12,15H,9-11H2,1-4H3. The number of aromatic nitrogens is 2. The Morgan fingerprint density at radius 1 is 1.25 bits per heavy atom. The molecule has 2 aromatic rings. The second-order valence-corrected chi connectivity index (χ2v) is 11.9. The van der Waals surface area contributed by atoms with Crippen molar-refractivity contribution in [3.8, 4) is 0 Å². The van der Waals surface area contributed by atoms with Crippen LogP contribution in [0.15, 0.2) is 39.9 Å². The highest BCUT2D eigenvalue weighted by Crippen LogP contribution is 2.49. The van der Waals surface area contributed by atoms with E-state index in [1.807, 2.05) is 13.8 Å². The second kappa shape index (κ2) is 8.40. The van der Waals surface area contributed by atoms with E-state index in [4.69, 9.17) is 0 Å². The van der Waals surface area contributed by atoms with Crippen LogP contribution in [0, 0.1) is 15.5 Å². The third-order valence-electron chi connectivity index (χ3n) is 5.55. The zero-order valence-corrected chi connectivity index (χ0v) is 20.0. The summed E-state index contributed by atoms with van der Waals surface area (Å²) in [6.07, 6.45) is 0.958. The number of carbonyl (C=O) groups is 2. The van der Waals surface area contributed by atoms with E-state index in [0.717, 1.165) is 4.34 Å². The molecule has 32 heavy (non-hydrogen) atoms. The Bertz CT molecular complexity index is 1140. The van der Waals surface area contributed by atoms with Crippen LogP contribution in [-0.4, -0.2) is 32.1 Å². The van der Waals surface area contributed by atoms with Gasteiger partial charge in [0.1, 0.15) is 0 Å². The Labute approximate surface area is 194 Å². The van der Waals surface area contributed by atoms with Crippen molar-refractivity contribution in [1.29, 1.82) is 0 Å². The minimum absolute atomic E-state index is 0.0217. The van der Waals surface area contributed by atoms with E-state index in [0.29, 0.717) is 40.1 Å². The third-order valence-corrected chi connectivity index (χ3v) is 7.55. The van der Waals surface area contributed by atoms with Crippen LogP contribution >= 0.6 is 23.1 Å². The first-order valence-corrected chi connectivity index (χ1v) is 12.1. The van der Waals surface area contributed by atoms with Crippen molar-refractivity contribution in [2.24, 2.45) is 5.41 Å². The third kappa shape index (κ3) is 4.33. The normalized spacial score (nSPS) is 20.7. The van der Waals surface area contributed by atoms with Gasteiger partial charge in [-0.15, -0.1) is 10.2 Å².